The summed E-state index contributed by atoms with van der Waals surface area (Å²) in [5.41, 5.74) is 6.78. The summed E-state index contributed by atoms with van der Waals surface area (Å²) in [6, 6.07) is 5.80. The summed E-state index contributed by atoms with van der Waals surface area (Å²) in [5.74, 6) is 1.74. The molecule has 7 heteroatoms. The summed E-state index contributed by atoms with van der Waals surface area (Å²) in [5, 5.41) is 2.98. The van der Waals surface area contributed by atoms with Crippen molar-refractivity contribution < 1.29 is 4.84 Å². The SMILES string of the molecule is CC(C)CCON=O.CCCCCCCCCCCCCCCCSc1ccc(Cl)cc1N.Cl. The highest BCUT2D eigenvalue weighted by atomic mass is 35.5. The zero-order chi connectivity index (χ0) is 24.6. The van der Waals surface area contributed by atoms with Gasteiger partial charge in [-0.2, -0.15) is 0 Å². The van der Waals surface area contributed by atoms with Gasteiger partial charge in [-0.25, -0.2) is 0 Å². The van der Waals surface area contributed by atoms with E-state index in [2.05, 4.69) is 30.9 Å². The van der Waals surface area contributed by atoms with E-state index < -0.39 is 0 Å². The van der Waals surface area contributed by atoms with Crippen LogP contribution in [0.5, 0.6) is 0 Å². The molecule has 0 bridgehead atoms. The van der Waals surface area contributed by atoms with E-state index in [1.54, 1.807) is 0 Å². The molecule has 0 aromatic heterocycles. The molecule has 1 rings (SSSR count). The molecule has 0 fully saturated rings. The molecule has 0 aliphatic heterocycles. The zero-order valence-corrected chi connectivity index (χ0v) is 24.3. The van der Waals surface area contributed by atoms with Crippen LogP contribution in [0.2, 0.25) is 5.02 Å². The van der Waals surface area contributed by atoms with Gasteiger partial charge in [-0.1, -0.05) is 116 Å². The topological polar surface area (TPSA) is 64.7 Å². The number of unbranched alkanes of at least 4 members (excludes halogenated alkanes) is 13. The Labute approximate surface area is 225 Å². The van der Waals surface area contributed by atoms with Gasteiger partial charge in [0.2, 0.25) is 0 Å². The van der Waals surface area contributed by atoms with Crippen LogP contribution >= 0.6 is 35.8 Å². The maximum atomic E-state index is 9.31. The molecule has 1 aromatic carbocycles. The third-order valence-electron chi connectivity index (χ3n) is 5.57. The molecule has 1 aromatic rings. The van der Waals surface area contributed by atoms with E-state index in [9.17, 15) is 4.91 Å². The Morgan fingerprint density at radius 1 is 0.912 bits per heavy atom. The number of hydrogen-bond acceptors (Lipinski definition) is 5. The lowest BCUT2D eigenvalue weighted by Crippen LogP contribution is -1.93. The Hall–Kier alpha value is -0.650. The van der Waals surface area contributed by atoms with Crippen molar-refractivity contribution in [1.29, 1.82) is 0 Å². The van der Waals surface area contributed by atoms with Gasteiger partial charge in [0, 0.05) is 15.6 Å². The fraction of sp³-hybridized carbons (Fsp3) is 0.778. The Morgan fingerprint density at radius 2 is 1.41 bits per heavy atom. The second kappa shape index (κ2) is 26.9. The van der Waals surface area contributed by atoms with Gasteiger partial charge < -0.3 is 10.6 Å². The lowest BCUT2D eigenvalue weighted by molar-refractivity contribution is 0.128. The zero-order valence-electron chi connectivity index (χ0n) is 21.9. The van der Waals surface area contributed by atoms with Crippen molar-refractivity contribution in [3.05, 3.63) is 28.1 Å². The van der Waals surface area contributed by atoms with E-state index in [1.165, 1.54) is 94.8 Å². The molecule has 0 unspecified atom stereocenters. The van der Waals surface area contributed by atoms with Gasteiger partial charge in [0.05, 0.1) is 0 Å². The molecule has 0 radical (unpaired) electrons. The van der Waals surface area contributed by atoms with Gasteiger partial charge in [0.25, 0.3) is 0 Å². The van der Waals surface area contributed by atoms with Gasteiger partial charge in [-0.05, 0) is 42.7 Å². The van der Waals surface area contributed by atoms with Crippen molar-refractivity contribution in [2.45, 2.75) is 122 Å². The third-order valence-corrected chi connectivity index (χ3v) is 6.98. The van der Waals surface area contributed by atoms with Crippen LogP contribution in [0.3, 0.4) is 0 Å². The molecule has 0 atom stereocenters. The molecule has 2 N–H and O–H groups in total. The van der Waals surface area contributed by atoms with Crippen LogP contribution in [0, 0.1) is 10.8 Å². The standard InChI is InChI=1S/C22H38ClNS.C5H11NO2.ClH/c1-2-3-4-5-6-7-8-9-10-11-12-13-14-15-18-25-22-17-16-20(23)19-21(22)24;1-5(2)3-4-8-6-7;/h16-17,19H,2-15,18,24H2,1H3;5H,3-4H2,1-2H3;1H. The Morgan fingerprint density at radius 3 is 1.85 bits per heavy atom. The molecule has 0 aliphatic carbocycles. The number of halogens is 2. The summed E-state index contributed by atoms with van der Waals surface area (Å²) in [6.07, 6.45) is 20.6. The molecule has 0 spiro atoms. The molecular weight excluding hydrogens is 487 g/mol. The summed E-state index contributed by atoms with van der Waals surface area (Å²) >= 11 is 7.78. The van der Waals surface area contributed by atoms with E-state index in [-0.39, 0.29) is 12.4 Å². The number of hydrogen-bond donors (Lipinski definition) is 1. The summed E-state index contributed by atoms with van der Waals surface area (Å²) in [7, 11) is 0. The number of benzene rings is 1. The largest absolute Gasteiger partial charge is 0.398 e. The van der Waals surface area contributed by atoms with E-state index in [1.807, 2.05) is 30.0 Å². The van der Waals surface area contributed by atoms with Crippen LogP contribution < -0.4 is 5.73 Å². The first kappa shape index (κ1) is 35.5. The van der Waals surface area contributed by atoms with E-state index in [4.69, 9.17) is 17.3 Å². The number of anilines is 1. The minimum atomic E-state index is 0. The summed E-state index contributed by atoms with van der Waals surface area (Å²) in [4.78, 5) is 14.7. The number of nitrogens with two attached hydrogens (primary N) is 1. The third kappa shape index (κ3) is 24.5. The van der Waals surface area contributed by atoms with Crippen molar-refractivity contribution in [1.82, 2.24) is 0 Å². The lowest BCUT2D eigenvalue weighted by atomic mass is 10.0. The smallest absolute Gasteiger partial charge is 0.155 e. The molecule has 200 valence electrons. The highest BCUT2D eigenvalue weighted by molar-refractivity contribution is 7.99. The summed E-state index contributed by atoms with van der Waals surface area (Å²) < 4.78 is 0. The highest BCUT2D eigenvalue weighted by Crippen LogP contribution is 2.28. The van der Waals surface area contributed by atoms with Crippen LogP contribution in [0.25, 0.3) is 0 Å². The second-order valence-corrected chi connectivity index (χ2v) is 10.8. The second-order valence-electron chi connectivity index (χ2n) is 9.22. The minimum absolute atomic E-state index is 0. The normalized spacial score (nSPS) is 10.4. The average molecular weight is 538 g/mol. The van der Waals surface area contributed by atoms with E-state index in [0.29, 0.717) is 12.5 Å². The van der Waals surface area contributed by atoms with Crippen LogP contribution in [0.1, 0.15) is 117 Å². The van der Waals surface area contributed by atoms with Gasteiger partial charge in [-0.15, -0.1) is 29.1 Å². The van der Waals surface area contributed by atoms with Crippen molar-refractivity contribution >= 4 is 41.5 Å². The fourth-order valence-corrected chi connectivity index (χ4v) is 4.59. The van der Waals surface area contributed by atoms with Crippen LogP contribution in [-0.2, 0) is 4.84 Å². The van der Waals surface area contributed by atoms with Crippen molar-refractivity contribution in [3.63, 3.8) is 0 Å². The quantitative estimate of drug-likeness (QED) is 0.0591. The molecule has 0 amide bonds. The van der Waals surface area contributed by atoms with Gasteiger partial charge in [-0.3, -0.25) is 0 Å². The first-order valence-electron chi connectivity index (χ1n) is 13.1. The first-order chi connectivity index (χ1) is 16.0. The Kier molecular flexibility index (Phi) is 28.1. The predicted molar refractivity (Wildman–Crippen MR) is 155 cm³/mol. The van der Waals surface area contributed by atoms with Gasteiger partial charge in [0.15, 0.2) is 5.34 Å². The van der Waals surface area contributed by atoms with E-state index >= 15 is 0 Å². The van der Waals surface area contributed by atoms with Crippen molar-refractivity contribution in [3.8, 4) is 0 Å². The summed E-state index contributed by atoms with van der Waals surface area (Å²) in [6.45, 7) is 6.86. The average Bonchev–Trinajstić information content (AvgIpc) is 2.78. The molecule has 0 saturated carbocycles. The van der Waals surface area contributed by atoms with Crippen LogP contribution in [0.4, 0.5) is 5.69 Å². The van der Waals surface area contributed by atoms with Crippen LogP contribution in [0.15, 0.2) is 28.4 Å². The van der Waals surface area contributed by atoms with Gasteiger partial charge in [0.1, 0.15) is 6.61 Å². The number of thioether (sulfide) groups is 1. The molecule has 0 aliphatic rings. The molecule has 34 heavy (non-hydrogen) atoms. The first-order valence-corrected chi connectivity index (χ1v) is 14.5. The minimum Gasteiger partial charge on any atom is -0.398 e. The number of nitrogen functional groups attached to an aromatic ring is 1. The molecule has 0 heterocycles. The Balaban J connectivity index is 0. The Bertz CT molecular complexity index is 578. The predicted octanol–water partition coefficient (Wildman–Crippen LogP) is 10.6. The maximum Gasteiger partial charge on any atom is 0.155 e. The molecule has 4 nitrogen and oxygen atoms in total. The number of rotatable bonds is 20. The lowest BCUT2D eigenvalue weighted by Gasteiger charge is -2.06. The maximum absolute atomic E-state index is 9.31. The molecular formula is C27H50Cl2N2O2S. The van der Waals surface area contributed by atoms with E-state index in [0.717, 1.165) is 22.9 Å². The molecule has 0 saturated heterocycles. The van der Waals surface area contributed by atoms with Crippen molar-refractivity contribution in [2.24, 2.45) is 11.3 Å². The number of nitrogens with zero attached hydrogens (tertiary/aromatic N) is 1. The fourth-order valence-electron chi connectivity index (χ4n) is 3.46. The van der Waals surface area contributed by atoms with Gasteiger partial charge >= 0.3 is 0 Å². The van der Waals surface area contributed by atoms with Crippen molar-refractivity contribution in [2.75, 3.05) is 18.1 Å². The highest BCUT2D eigenvalue weighted by Gasteiger charge is 2.01. The monoisotopic (exact) mass is 536 g/mol. The van der Waals surface area contributed by atoms with Crippen LogP contribution in [-0.4, -0.2) is 12.4 Å².